The van der Waals surface area contributed by atoms with E-state index in [1.165, 1.54) is 6.20 Å². The highest BCUT2D eigenvalue weighted by Crippen LogP contribution is 2.13. The number of carbonyl (C=O) groups is 2. The summed E-state index contributed by atoms with van der Waals surface area (Å²) in [7, 11) is 0. The first kappa shape index (κ1) is 10.0. The molecule has 0 aliphatic rings. The highest BCUT2D eigenvalue weighted by Gasteiger charge is 2.13. The Morgan fingerprint density at radius 3 is 2.62 bits per heavy atom. The molecule has 2 rings (SSSR count). The lowest BCUT2D eigenvalue weighted by molar-refractivity contribution is 0.0997. The van der Waals surface area contributed by atoms with E-state index in [4.69, 9.17) is 5.73 Å². The van der Waals surface area contributed by atoms with Crippen molar-refractivity contribution < 1.29 is 9.59 Å². The van der Waals surface area contributed by atoms with E-state index in [2.05, 4.69) is 15.3 Å². The summed E-state index contributed by atoms with van der Waals surface area (Å²) in [5, 5.41) is 2.57. The van der Waals surface area contributed by atoms with Crippen LogP contribution < -0.4 is 11.1 Å². The molecule has 0 aliphatic carbocycles. The normalized spacial score (nSPS) is 10.0. The molecule has 2 aromatic rings. The summed E-state index contributed by atoms with van der Waals surface area (Å²) < 4.78 is 0. The van der Waals surface area contributed by atoms with Crippen molar-refractivity contribution in [1.82, 2.24) is 9.97 Å². The number of carbonyl (C=O) groups excluding carboxylic acids is 2. The Hall–Kier alpha value is -2.50. The summed E-state index contributed by atoms with van der Waals surface area (Å²) in [5.41, 5.74) is 6.09. The first-order valence-corrected chi connectivity index (χ1v) is 4.60. The number of nitrogens with two attached hydrogens (primary N) is 1. The zero-order chi connectivity index (χ0) is 11.5. The van der Waals surface area contributed by atoms with E-state index in [1.54, 1.807) is 24.4 Å². The fourth-order valence-corrected chi connectivity index (χ4v) is 1.34. The number of hydrogen-bond acceptors (Lipinski definition) is 2. The Labute approximate surface area is 90.8 Å². The van der Waals surface area contributed by atoms with Gasteiger partial charge in [-0.05, 0) is 18.2 Å². The number of primary amides is 1. The van der Waals surface area contributed by atoms with Gasteiger partial charge in [-0.25, -0.2) is 0 Å². The van der Waals surface area contributed by atoms with E-state index >= 15 is 0 Å². The van der Waals surface area contributed by atoms with Crippen molar-refractivity contribution in [3.8, 4) is 0 Å². The van der Waals surface area contributed by atoms with Crippen LogP contribution in [0.4, 0.5) is 5.69 Å². The molecule has 0 aliphatic heterocycles. The van der Waals surface area contributed by atoms with Gasteiger partial charge in [-0.1, -0.05) is 0 Å². The zero-order valence-corrected chi connectivity index (χ0v) is 8.28. The number of amides is 2. The van der Waals surface area contributed by atoms with Crippen molar-refractivity contribution in [3.63, 3.8) is 0 Å². The van der Waals surface area contributed by atoms with Gasteiger partial charge in [0.05, 0.1) is 5.69 Å². The second kappa shape index (κ2) is 3.93. The summed E-state index contributed by atoms with van der Waals surface area (Å²) >= 11 is 0. The first-order chi connectivity index (χ1) is 7.68. The molecular weight excluding hydrogens is 208 g/mol. The van der Waals surface area contributed by atoms with Crippen LogP contribution in [0.2, 0.25) is 0 Å². The molecule has 0 radical (unpaired) electrons. The molecule has 2 amide bonds. The minimum absolute atomic E-state index is 0.180. The molecule has 6 heteroatoms. The fourth-order valence-electron chi connectivity index (χ4n) is 1.34. The second-order valence-corrected chi connectivity index (χ2v) is 3.17. The smallest absolute Gasteiger partial charge is 0.272 e. The van der Waals surface area contributed by atoms with Crippen LogP contribution in [0.1, 0.15) is 21.0 Å². The van der Waals surface area contributed by atoms with Crippen LogP contribution in [-0.2, 0) is 0 Å². The van der Waals surface area contributed by atoms with E-state index < -0.39 is 5.91 Å². The van der Waals surface area contributed by atoms with Gasteiger partial charge in [-0.15, -0.1) is 0 Å². The average Bonchev–Trinajstić information content (AvgIpc) is 2.86. The molecule has 0 aromatic carbocycles. The third kappa shape index (κ3) is 1.81. The molecule has 0 unspecified atom stereocenters. The fraction of sp³-hybridized carbons (Fsp3) is 0. The molecule has 0 saturated carbocycles. The van der Waals surface area contributed by atoms with Gasteiger partial charge >= 0.3 is 0 Å². The number of aromatic nitrogens is 2. The number of rotatable bonds is 3. The van der Waals surface area contributed by atoms with Crippen LogP contribution in [0.15, 0.2) is 30.6 Å². The number of anilines is 1. The predicted molar refractivity (Wildman–Crippen MR) is 58.1 cm³/mol. The molecule has 2 aromatic heterocycles. The highest BCUT2D eigenvalue weighted by atomic mass is 16.2. The Bertz CT molecular complexity index is 513. The van der Waals surface area contributed by atoms with Gasteiger partial charge in [0, 0.05) is 12.4 Å². The van der Waals surface area contributed by atoms with Crippen LogP contribution in [0.25, 0.3) is 0 Å². The van der Waals surface area contributed by atoms with Crippen LogP contribution in [-0.4, -0.2) is 21.8 Å². The van der Waals surface area contributed by atoms with Gasteiger partial charge in [-0.3, -0.25) is 9.59 Å². The number of H-pyrrole nitrogens is 2. The van der Waals surface area contributed by atoms with E-state index in [9.17, 15) is 9.59 Å². The quantitative estimate of drug-likeness (QED) is 0.608. The molecule has 0 saturated heterocycles. The maximum atomic E-state index is 11.6. The van der Waals surface area contributed by atoms with Crippen molar-refractivity contribution in [2.75, 3.05) is 5.32 Å². The summed E-state index contributed by atoms with van der Waals surface area (Å²) in [6.07, 6.45) is 3.17. The van der Waals surface area contributed by atoms with E-state index in [1.807, 2.05) is 0 Å². The van der Waals surface area contributed by atoms with Crippen LogP contribution >= 0.6 is 0 Å². The SMILES string of the molecule is NC(=O)c1[nH]ccc1NC(=O)c1ccc[nH]1. The van der Waals surface area contributed by atoms with Crippen LogP contribution in [0.5, 0.6) is 0 Å². The molecule has 6 nitrogen and oxygen atoms in total. The summed E-state index contributed by atoms with van der Waals surface area (Å²) in [6, 6.07) is 4.91. The Morgan fingerprint density at radius 1 is 1.19 bits per heavy atom. The second-order valence-electron chi connectivity index (χ2n) is 3.17. The van der Waals surface area contributed by atoms with Crippen molar-refractivity contribution in [3.05, 3.63) is 42.0 Å². The molecule has 0 spiro atoms. The number of nitrogens with one attached hydrogen (secondary N) is 3. The molecule has 5 N–H and O–H groups in total. The summed E-state index contributed by atoms with van der Waals surface area (Å²) in [4.78, 5) is 28.0. The lowest BCUT2D eigenvalue weighted by Gasteiger charge is -2.02. The molecule has 2 heterocycles. The van der Waals surface area contributed by atoms with Crippen LogP contribution in [0.3, 0.4) is 0 Å². The lowest BCUT2D eigenvalue weighted by Crippen LogP contribution is -2.17. The van der Waals surface area contributed by atoms with Gasteiger partial charge in [0.25, 0.3) is 11.8 Å². The third-order valence-electron chi connectivity index (χ3n) is 2.08. The number of hydrogen-bond donors (Lipinski definition) is 4. The molecular formula is C10H10N4O2. The molecule has 0 fully saturated rings. The van der Waals surface area contributed by atoms with Gasteiger partial charge in [0.2, 0.25) is 0 Å². The largest absolute Gasteiger partial charge is 0.364 e. The monoisotopic (exact) mass is 218 g/mol. The van der Waals surface area contributed by atoms with Gasteiger partial charge in [-0.2, -0.15) is 0 Å². The van der Waals surface area contributed by atoms with E-state index in [-0.39, 0.29) is 11.6 Å². The Kier molecular flexibility index (Phi) is 2.47. The van der Waals surface area contributed by atoms with E-state index in [0.717, 1.165) is 0 Å². The molecule has 16 heavy (non-hydrogen) atoms. The molecule has 0 atom stereocenters. The minimum atomic E-state index is -0.619. The van der Waals surface area contributed by atoms with E-state index in [0.29, 0.717) is 11.4 Å². The number of aromatic amines is 2. The first-order valence-electron chi connectivity index (χ1n) is 4.60. The summed E-state index contributed by atoms with van der Waals surface area (Å²) in [5.74, 6) is -0.945. The lowest BCUT2D eigenvalue weighted by atomic mass is 10.3. The molecule has 82 valence electrons. The third-order valence-corrected chi connectivity index (χ3v) is 2.08. The maximum Gasteiger partial charge on any atom is 0.272 e. The standard InChI is InChI=1S/C10H10N4O2/c11-9(15)8-6(3-5-13-8)14-10(16)7-2-1-4-12-7/h1-5,12-13H,(H2,11,15)(H,14,16). The van der Waals surface area contributed by atoms with Crippen molar-refractivity contribution in [2.45, 2.75) is 0 Å². The van der Waals surface area contributed by atoms with Crippen LogP contribution in [0, 0.1) is 0 Å². The zero-order valence-electron chi connectivity index (χ0n) is 8.28. The minimum Gasteiger partial charge on any atom is -0.364 e. The summed E-state index contributed by atoms with van der Waals surface area (Å²) in [6.45, 7) is 0. The van der Waals surface area contributed by atoms with Crippen molar-refractivity contribution >= 4 is 17.5 Å². The van der Waals surface area contributed by atoms with Gasteiger partial charge in [0.15, 0.2) is 0 Å². The van der Waals surface area contributed by atoms with Gasteiger partial charge in [0.1, 0.15) is 11.4 Å². The predicted octanol–water partition coefficient (Wildman–Crippen LogP) is 0.694. The van der Waals surface area contributed by atoms with Crippen molar-refractivity contribution in [2.24, 2.45) is 5.73 Å². The maximum absolute atomic E-state index is 11.6. The highest BCUT2D eigenvalue weighted by molar-refractivity contribution is 6.07. The Morgan fingerprint density at radius 2 is 2.00 bits per heavy atom. The average molecular weight is 218 g/mol. The van der Waals surface area contributed by atoms with Crippen molar-refractivity contribution in [1.29, 1.82) is 0 Å². The molecule has 0 bridgehead atoms. The Balaban J connectivity index is 2.18. The van der Waals surface area contributed by atoms with Gasteiger partial charge < -0.3 is 21.0 Å². The topological polar surface area (TPSA) is 104 Å².